The van der Waals surface area contributed by atoms with Crippen LogP contribution in [0.25, 0.3) is 0 Å². The summed E-state index contributed by atoms with van der Waals surface area (Å²) in [7, 11) is 0. The second-order valence-electron chi connectivity index (χ2n) is 3.75. The van der Waals surface area contributed by atoms with Gasteiger partial charge in [0.1, 0.15) is 11.6 Å². The largest absolute Gasteiger partial charge is 0.506 e. The molecule has 0 aliphatic heterocycles. The Morgan fingerprint density at radius 2 is 1.79 bits per heavy atom. The molecule has 0 heterocycles. The average molecular weight is 300 g/mol. The number of anilines is 1. The van der Waals surface area contributed by atoms with Crippen LogP contribution in [0.5, 0.6) is 5.75 Å². The maximum Gasteiger partial charge on any atom is 0.255 e. The van der Waals surface area contributed by atoms with E-state index in [9.17, 15) is 14.3 Å². The molecule has 1 amide bonds. The van der Waals surface area contributed by atoms with Crippen LogP contribution in [0, 0.1) is 5.82 Å². The second-order valence-corrected chi connectivity index (χ2v) is 4.56. The molecule has 3 nitrogen and oxygen atoms in total. The zero-order valence-electron chi connectivity index (χ0n) is 9.45. The van der Waals surface area contributed by atoms with E-state index in [1.54, 1.807) is 0 Å². The number of carbonyl (C=O) groups is 1. The van der Waals surface area contributed by atoms with Crippen molar-refractivity contribution in [3.05, 3.63) is 57.8 Å². The highest BCUT2D eigenvalue weighted by Gasteiger charge is 2.10. The summed E-state index contributed by atoms with van der Waals surface area (Å²) in [5, 5.41) is 12.0. The van der Waals surface area contributed by atoms with E-state index in [1.165, 1.54) is 30.3 Å². The van der Waals surface area contributed by atoms with Gasteiger partial charge in [-0.2, -0.15) is 0 Å². The van der Waals surface area contributed by atoms with E-state index in [0.29, 0.717) is 5.69 Å². The van der Waals surface area contributed by atoms with E-state index in [2.05, 4.69) is 5.32 Å². The number of halogens is 3. The van der Waals surface area contributed by atoms with Gasteiger partial charge in [-0.15, -0.1) is 0 Å². The van der Waals surface area contributed by atoms with Crippen LogP contribution in [0.3, 0.4) is 0 Å². The van der Waals surface area contributed by atoms with Crippen LogP contribution in [0.1, 0.15) is 10.4 Å². The number of benzene rings is 2. The van der Waals surface area contributed by atoms with Crippen molar-refractivity contribution in [1.82, 2.24) is 0 Å². The molecule has 0 atom stereocenters. The first-order valence-electron chi connectivity index (χ1n) is 5.22. The fourth-order valence-electron chi connectivity index (χ4n) is 1.43. The normalized spacial score (nSPS) is 10.3. The van der Waals surface area contributed by atoms with E-state index >= 15 is 0 Å². The number of hydrogen-bond acceptors (Lipinski definition) is 2. The van der Waals surface area contributed by atoms with Crippen LogP contribution in [0.4, 0.5) is 10.1 Å². The molecule has 0 spiro atoms. The summed E-state index contributed by atoms with van der Waals surface area (Å²) in [4.78, 5) is 11.8. The number of phenols is 1. The van der Waals surface area contributed by atoms with Gasteiger partial charge in [-0.05, 0) is 30.3 Å². The van der Waals surface area contributed by atoms with Crippen LogP contribution in [0.15, 0.2) is 36.4 Å². The third kappa shape index (κ3) is 3.16. The minimum Gasteiger partial charge on any atom is -0.506 e. The first-order chi connectivity index (χ1) is 8.97. The number of nitrogens with one attached hydrogen (secondary N) is 1. The molecular formula is C13H8Cl2FNO2. The molecule has 0 saturated heterocycles. The van der Waals surface area contributed by atoms with Gasteiger partial charge in [0.2, 0.25) is 0 Å². The first kappa shape index (κ1) is 13.6. The fourth-order valence-corrected chi connectivity index (χ4v) is 1.67. The zero-order valence-corrected chi connectivity index (χ0v) is 11.0. The Morgan fingerprint density at radius 1 is 1.11 bits per heavy atom. The molecule has 2 N–H and O–H groups in total. The molecule has 2 rings (SSSR count). The summed E-state index contributed by atoms with van der Waals surface area (Å²) in [6, 6.07) is 7.99. The lowest BCUT2D eigenvalue weighted by molar-refractivity contribution is 0.102. The SMILES string of the molecule is O=C(Nc1ccc(Cl)c(O)c1)c1ccc(Cl)c(F)c1. The highest BCUT2D eigenvalue weighted by Crippen LogP contribution is 2.26. The highest BCUT2D eigenvalue weighted by molar-refractivity contribution is 6.32. The fraction of sp³-hybridized carbons (Fsp3) is 0. The highest BCUT2D eigenvalue weighted by atomic mass is 35.5. The standard InChI is InChI=1S/C13H8Cl2FNO2/c14-9-3-1-7(5-11(9)16)13(19)17-8-2-4-10(15)12(18)6-8/h1-6,18H,(H,17,19). The van der Waals surface area contributed by atoms with E-state index in [0.717, 1.165) is 6.07 Å². The Kier molecular flexibility index (Phi) is 3.93. The minimum absolute atomic E-state index is 0.0549. The molecule has 0 radical (unpaired) electrons. The summed E-state index contributed by atoms with van der Waals surface area (Å²) in [6.45, 7) is 0. The van der Waals surface area contributed by atoms with Crippen LogP contribution < -0.4 is 5.32 Å². The Balaban J connectivity index is 2.20. The van der Waals surface area contributed by atoms with E-state index in [-0.39, 0.29) is 21.4 Å². The van der Waals surface area contributed by atoms with E-state index in [4.69, 9.17) is 23.2 Å². The van der Waals surface area contributed by atoms with Crippen LogP contribution in [0.2, 0.25) is 10.0 Å². The summed E-state index contributed by atoms with van der Waals surface area (Å²) in [5.74, 6) is -1.34. The van der Waals surface area contributed by atoms with Gasteiger partial charge in [-0.3, -0.25) is 4.79 Å². The van der Waals surface area contributed by atoms with Gasteiger partial charge in [0, 0.05) is 17.3 Å². The van der Waals surface area contributed by atoms with E-state index < -0.39 is 11.7 Å². The summed E-state index contributed by atoms with van der Waals surface area (Å²) in [5.41, 5.74) is 0.471. The van der Waals surface area contributed by atoms with Gasteiger partial charge in [0.25, 0.3) is 5.91 Å². The molecule has 0 unspecified atom stereocenters. The Labute approximate surface area is 118 Å². The molecule has 0 saturated carbocycles. The van der Waals surface area contributed by atoms with Crippen molar-refractivity contribution in [1.29, 1.82) is 0 Å². The first-order valence-corrected chi connectivity index (χ1v) is 5.98. The molecular weight excluding hydrogens is 292 g/mol. The van der Waals surface area contributed by atoms with Crippen LogP contribution in [-0.4, -0.2) is 11.0 Å². The smallest absolute Gasteiger partial charge is 0.255 e. The lowest BCUT2D eigenvalue weighted by Crippen LogP contribution is -2.12. The van der Waals surface area contributed by atoms with Crippen molar-refractivity contribution in [2.45, 2.75) is 0 Å². The molecule has 6 heteroatoms. The predicted octanol–water partition coefficient (Wildman–Crippen LogP) is 4.09. The topological polar surface area (TPSA) is 49.3 Å². The third-order valence-electron chi connectivity index (χ3n) is 2.39. The molecule has 0 aliphatic carbocycles. The Hall–Kier alpha value is -1.78. The Morgan fingerprint density at radius 3 is 2.42 bits per heavy atom. The van der Waals surface area contributed by atoms with Gasteiger partial charge in [-0.1, -0.05) is 23.2 Å². The van der Waals surface area contributed by atoms with Gasteiger partial charge < -0.3 is 10.4 Å². The number of amides is 1. The van der Waals surface area contributed by atoms with Gasteiger partial charge in [0.15, 0.2) is 0 Å². The second kappa shape index (κ2) is 5.47. The van der Waals surface area contributed by atoms with Crippen LogP contribution >= 0.6 is 23.2 Å². The summed E-state index contributed by atoms with van der Waals surface area (Å²) >= 11 is 11.2. The maximum absolute atomic E-state index is 13.2. The van der Waals surface area contributed by atoms with Crippen molar-refractivity contribution in [3.63, 3.8) is 0 Å². The number of rotatable bonds is 2. The van der Waals surface area contributed by atoms with Gasteiger partial charge in [-0.25, -0.2) is 4.39 Å². The van der Waals surface area contributed by atoms with Gasteiger partial charge in [0.05, 0.1) is 10.0 Å². The average Bonchev–Trinajstić information content (AvgIpc) is 2.37. The number of carbonyl (C=O) groups excluding carboxylic acids is 1. The van der Waals surface area contributed by atoms with Crippen LogP contribution in [-0.2, 0) is 0 Å². The lowest BCUT2D eigenvalue weighted by atomic mass is 10.2. The quantitative estimate of drug-likeness (QED) is 0.877. The van der Waals surface area contributed by atoms with Crippen molar-refractivity contribution >= 4 is 34.8 Å². The minimum atomic E-state index is -0.673. The summed E-state index contributed by atoms with van der Waals surface area (Å²) < 4.78 is 13.2. The third-order valence-corrected chi connectivity index (χ3v) is 3.01. The molecule has 2 aromatic rings. The van der Waals surface area contributed by atoms with E-state index in [1.807, 2.05) is 0 Å². The van der Waals surface area contributed by atoms with Crippen molar-refractivity contribution in [2.24, 2.45) is 0 Å². The maximum atomic E-state index is 13.2. The van der Waals surface area contributed by atoms with Crippen molar-refractivity contribution < 1.29 is 14.3 Å². The van der Waals surface area contributed by atoms with Crippen molar-refractivity contribution in [2.75, 3.05) is 5.32 Å². The number of phenolic OH excluding ortho intramolecular Hbond substituents is 1. The molecule has 98 valence electrons. The molecule has 19 heavy (non-hydrogen) atoms. The molecule has 0 aliphatic rings. The van der Waals surface area contributed by atoms with Crippen molar-refractivity contribution in [3.8, 4) is 5.75 Å². The zero-order chi connectivity index (χ0) is 14.0. The Bertz CT molecular complexity index is 647. The predicted molar refractivity (Wildman–Crippen MR) is 72.5 cm³/mol. The monoisotopic (exact) mass is 299 g/mol. The van der Waals surface area contributed by atoms with Gasteiger partial charge >= 0.3 is 0 Å². The molecule has 0 bridgehead atoms. The number of aromatic hydroxyl groups is 1. The summed E-state index contributed by atoms with van der Waals surface area (Å²) in [6.07, 6.45) is 0. The number of hydrogen-bond donors (Lipinski definition) is 2. The molecule has 0 aromatic heterocycles. The molecule has 2 aromatic carbocycles. The molecule has 0 fully saturated rings. The lowest BCUT2D eigenvalue weighted by Gasteiger charge is -2.07.